The summed E-state index contributed by atoms with van der Waals surface area (Å²) in [5.41, 5.74) is 2.80. The summed E-state index contributed by atoms with van der Waals surface area (Å²) >= 11 is 0. The summed E-state index contributed by atoms with van der Waals surface area (Å²) in [6.45, 7) is 6.69. The second-order valence-electron chi connectivity index (χ2n) is 9.00. The Kier molecular flexibility index (Phi) is 9.06. The molecule has 1 fully saturated rings. The Balaban J connectivity index is 1.21. The van der Waals surface area contributed by atoms with Crippen molar-refractivity contribution < 1.29 is 13.9 Å². The fraction of sp³-hybridized carbons (Fsp3) is 0.357. The topological polar surface area (TPSA) is 42.0 Å². The van der Waals surface area contributed by atoms with Gasteiger partial charge in [0, 0.05) is 62.9 Å². The number of hydrogen-bond donors (Lipinski definition) is 2. The van der Waals surface area contributed by atoms with Gasteiger partial charge < -0.3 is 20.2 Å². The lowest BCUT2D eigenvalue weighted by atomic mass is 10.2. The molecule has 0 bridgehead atoms. The predicted molar refractivity (Wildman–Crippen MR) is 138 cm³/mol. The van der Waals surface area contributed by atoms with E-state index in [0.29, 0.717) is 13.1 Å². The molecule has 1 unspecified atom stereocenters. The monoisotopic (exact) mass is 480 g/mol. The Morgan fingerprint density at radius 1 is 0.771 bits per heavy atom. The van der Waals surface area contributed by atoms with E-state index in [0.717, 1.165) is 62.8 Å². The van der Waals surface area contributed by atoms with Crippen molar-refractivity contribution in [3.63, 3.8) is 0 Å². The predicted octanol–water partition coefficient (Wildman–Crippen LogP) is 4.58. The third kappa shape index (κ3) is 7.75. The van der Waals surface area contributed by atoms with Crippen LogP contribution in [0.1, 0.15) is 6.42 Å². The Morgan fingerprint density at radius 2 is 1.31 bits per heavy atom. The molecule has 1 atom stereocenters. The Labute approximate surface area is 206 Å². The molecule has 1 heterocycles. The highest BCUT2D eigenvalue weighted by molar-refractivity contribution is 5.63. The van der Waals surface area contributed by atoms with Gasteiger partial charge >= 0.3 is 0 Å². The third-order valence-electron chi connectivity index (χ3n) is 6.38. The zero-order valence-electron chi connectivity index (χ0n) is 20.0. The van der Waals surface area contributed by atoms with E-state index in [4.69, 9.17) is 0 Å². The van der Waals surface area contributed by atoms with Crippen LogP contribution in [0.15, 0.2) is 78.9 Å². The number of rotatable bonds is 11. The van der Waals surface area contributed by atoms with E-state index >= 15 is 0 Å². The van der Waals surface area contributed by atoms with Crippen LogP contribution in [0.2, 0.25) is 0 Å². The first kappa shape index (κ1) is 25.1. The number of aliphatic hydroxyl groups is 1. The molecule has 1 aliphatic rings. The minimum absolute atomic E-state index is 0.272. The SMILES string of the molecule is OC(CNc1ccccc1)CN1CCN(CCCN(c2ccc(F)cc2)c2ccc(F)cc2)CC1. The number of para-hydroxylation sites is 1. The van der Waals surface area contributed by atoms with Crippen molar-refractivity contribution in [1.82, 2.24) is 9.80 Å². The highest BCUT2D eigenvalue weighted by Gasteiger charge is 2.19. The van der Waals surface area contributed by atoms with E-state index in [1.54, 1.807) is 24.3 Å². The first-order valence-corrected chi connectivity index (χ1v) is 12.3. The van der Waals surface area contributed by atoms with Gasteiger partial charge in [0.1, 0.15) is 11.6 Å². The maximum Gasteiger partial charge on any atom is 0.123 e. The van der Waals surface area contributed by atoms with E-state index in [9.17, 15) is 13.9 Å². The van der Waals surface area contributed by atoms with Crippen LogP contribution >= 0.6 is 0 Å². The van der Waals surface area contributed by atoms with Crippen molar-refractivity contribution >= 4 is 17.1 Å². The van der Waals surface area contributed by atoms with Crippen molar-refractivity contribution in [3.05, 3.63) is 90.5 Å². The molecule has 5 nitrogen and oxygen atoms in total. The zero-order chi connectivity index (χ0) is 24.5. The molecular formula is C28H34F2N4O. The van der Waals surface area contributed by atoms with Gasteiger partial charge in [0.05, 0.1) is 6.10 Å². The molecule has 3 aromatic rings. The molecule has 7 heteroatoms. The number of aliphatic hydroxyl groups excluding tert-OH is 1. The summed E-state index contributed by atoms with van der Waals surface area (Å²) in [6.07, 6.45) is 0.514. The van der Waals surface area contributed by atoms with Gasteiger partial charge in [0.25, 0.3) is 0 Å². The summed E-state index contributed by atoms with van der Waals surface area (Å²) in [5.74, 6) is -0.543. The molecule has 35 heavy (non-hydrogen) atoms. The number of nitrogens with zero attached hydrogens (tertiary/aromatic N) is 3. The lowest BCUT2D eigenvalue weighted by molar-refractivity contribution is 0.0781. The second-order valence-corrected chi connectivity index (χ2v) is 9.00. The van der Waals surface area contributed by atoms with Crippen LogP contribution in [0, 0.1) is 11.6 Å². The van der Waals surface area contributed by atoms with Gasteiger partial charge in [-0.3, -0.25) is 4.90 Å². The van der Waals surface area contributed by atoms with Crippen LogP contribution < -0.4 is 10.2 Å². The van der Waals surface area contributed by atoms with Crippen molar-refractivity contribution in [2.24, 2.45) is 0 Å². The third-order valence-corrected chi connectivity index (χ3v) is 6.38. The molecule has 0 radical (unpaired) electrons. The fourth-order valence-electron chi connectivity index (χ4n) is 4.45. The molecule has 1 aliphatic heterocycles. The number of piperazine rings is 1. The van der Waals surface area contributed by atoms with Crippen LogP contribution in [0.4, 0.5) is 25.8 Å². The molecule has 0 spiro atoms. The fourth-order valence-corrected chi connectivity index (χ4v) is 4.45. The molecule has 0 aliphatic carbocycles. The molecule has 2 N–H and O–H groups in total. The van der Waals surface area contributed by atoms with Crippen LogP contribution in [-0.2, 0) is 0 Å². The van der Waals surface area contributed by atoms with Crippen LogP contribution in [0.3, 0.4) is 0 Å². The average molecular weight is 481 g/mol. The molecule has 0 aromatic heterocycles. The molecule has 4 rings (SSSR count). The number of hydrogen-bond acceptors (Lipinski definition) is 5. The van der Waals surface area contributed by atoms with Gasteiger partial charge in [-0.15, -0.1) is 0 Å². The number of halogens is 2. The van der Waals surface area contributed by atoms with E-state index in [-0.39, 0.29) is 11.6 Å². The highest BCUT2D eigenvalue weighted by Crippen LogP contribution is 2.26. The summed E-state index contributed by atoms with van der Waals surface area (Å²) in [7, 11) is 0. The summed E-state index contributed by atoms with van der Waals surface area (Å²) in [4.78, 5) is 6.86. The molecule has 186 valence electrons. The molecule has 3 aromatic carbocycles. The quantitative estimate of drug-likeness (QED) is 0.421. The smallest absolute Gasteiger partial charge is 0.123 e. The molecule has 0 amide bonds. The molecule has 0 saturated carbocycles. The van der Waals surface area contributed by atoms with Crippen molar-refractivity contribution in [2.45, 2.75) is 12.5 Å². The van der Waals surface area contributed by atoms with E-state index in [2.05, 4.69) is 20.0 Å². The number of nitrogens with one attached hydrogen (secondary N) is 1. The first-order valence-electron chi connectivity index (χ1n) is 12.3. The zero-order valence-corrected chi connectivity index (χ0v) is 20.0. The van der Waals surface area contributed by atoms with Crippen LogP contribution in [0.25, 0.3) is 0 Å². The number of benzene rings is 3. The van der Waals surface area contributed by atoms with Gasteiger partial charge in [-0.05, 0) is 73.6 Å². The minimum atomic E-state index is -0.415. The van der Waals surface area contributed by atoms with Gasteiger partial charge in [-0.25, -0.2) is 8.78 Å². The number of anilines is 3. The summed E-state index contributed by atoms with van der Waals surface area (Å²) < 4.78 is 26.9. The van der Waals surface area contributed by atoms with Crippen molar-refractivity contribution in [2.75, 3.05) is 62.6 Å². The van der Waals surface area contributed by atoms with Gasteiger partial charge in [0.15, 0.2) is 0 Å². The Hall–Kier alpha value is -3.00. The second kappa shape index (κ2) is 12.6. The largest absolute Gasteiger partial charge is 0.390 e. The van der Waals surface area contributed by atoms with Crippen molar-refractivity contribution in [3.8, 4) is 0 Å². The lowest BCUT2D eigenvalue weighted by Gasteiger charge is -2.36. The molecular weight excluding hydrogens is 446 g/mol. The highest BCUT2D eigenvalue weighted by atomic mass is 19.1. The van der Waals surface area contributed by atoms with E-state index in [1.807, 2.05) is 30.3 Å². The van der Waals surface area contributed by atoms with Gasteiger partial charge in [0.2, 0.25) is 0 Å². The minimum Gasteiger partial charge on any atom is -0.390 e. The van der Waals surface area contributed by atoms with Gasteiger partial charge in [-0.1, -0.05) is 18.2 Å². The molecule has 1 saturated heterocycles. The summed E-state index contributed by atoms with van der Waals surface area (Å²) in [5, 5.41) is 13.7. The van der Waals surface area contributed by atoms with Crippen LogP contribution in [0.5, 0.6) is 0 Å². The van der Waals surface area contributed by atoms with E-state index in [1.165, 1.54) is 24.3 Å². The Morgan fingerprint density at radius 3 is 1.89 bits per heavy atom. The lowest BCUT2D eigenvalue weighted by Crippen LogP contribution is -2.49. The average Bonchev–Trinajstić information content (AvgIpc) is 2.88. The normalized spacial score (nSPS) is 15.6. The maximum atomic E-state index is 13.4. The van der Waals surface area contributed by atoms with Crippen LogP contribution in [-0.4, -0.2) is 73.4 Å². The van der Waals surface area contributed by atoms with Gasteiger partial charge in [-0.2, -0.15) is 0 Å². The standard InChI is InChI=1S/C28H34F2N4O/c29-23-7-11-26(12-8-23)34(27-13-9-24(30)10-14-27)16-4-15-32-17-19-33(20-18-32)22-28(35)21-31-25-5-2-1-3-6-25/h1-3,5-14,28,31,35H,4,15-22H2. The van der Waals surface area contributed by atoms with Crippen molar-refractivity contribution in [1.29, 1.82) is 0 Å². The summed E-state index contributed by atoms with van der Waals surface area (Å²) in [6, 6.07) is 22.8. The van der Waals surface area contributed by atoms with E-state index < -0.39 is 6.10 Å². The Bertz CT molecular complexity index is 964. The first-order chi connectivity index (χ1) is 17.1. The maximum absolute atomic E-state index is 13.4. The number of β-amino-alcohol motifs (C(OH)–C–C–N with tert-alkyl or cyclic N) is 1.